The average Bonchev–Trinajstić information content (AvgIpc) is 2.83. The lowest BCUT2D eigenvalue weighted by molar-refractivity contribution is 0.0938. The predicted molar refractivity (Wildman–Crippen MR) is 89.8 cm³/mol. The number of ether oxygens (including phenoxy) is 1. The fourth-order valence-corrected chi connectivity index (χ4v) is 3.25. The van der Waals surface area contributed by atoms with Crippen molar-refractivity contribution in [3.05, 3.63) is 56.2 Å². The Bertz CT molecular complexity index is 564. The van der Waals surface area contributed by atoms with Crippen LogP contribution in [-0.4, -0.2) is 19.1 Å². The Kier molecular flexibility index (Phi) is 6.42. The maximum absolute atomic E-state index is 11.9. The molecule has 21 heavy (non-hydrogen) atoms. The van der Waals surface area contributed by atoms with Gasteiger partial charge in [0.1, 0.15) is 0 Å². The molecular formula is C16H18BrNO2S. The number of aryl methyl sites for hydroxylation is 1. The van der Waals surface area contributed by atoms with Crippen LogP contribution in [0, 0.1) is 6.92 Å². The van der Waals surface area contributed by atoms with Crippen molar-refractivity contribution >= 4 is 33.2 Å². The third kappa shape index (κ3) is 5.26. The Balaban J connectivity index is 1.60. The molecule has 0 spiro atoms. The summed E-state index contributed by atoms with van der Waals surface area (Å²) in [5, 5.41) is 2.91. The number of carbonyl (C=O) groups excluding carboxylic acids is 1. The molecule has 0 radical (unpaired) electrons. The fourth-order valence-electron chi connectivity index (χ4n) is 1.80. The van der Waals surface area contributed by atoms with Gasteiger partial charge in [0.2, 0.25) is 0 Å². The highest BCUT2D eigenvalue weighted by Crippen LogP contribution is 2.27. The zero-order valence-electron chi connectivity index (χ0n) is 11.9. The first-order chi connectivity index (χ1) is 10.2. The predicted octanol–water partition coefficient (Wildman–Crippen LogP) is 4.16. The fraction of sp³-hybridized carbons (Fsp3) is 0.312. The van der Waals surface area contributed by atoms with Gasteiger partial charge in [0.15, 0.2) is 0 Å². The van der Waals surface area contributed by atoms with Gasteiger partial charge in [-0.1, -0.05) is 30.3 Å². The third-order valence-electron chi connectivity index (χ3n) is 2.94. The largest absolute Gasteiger partial charge is 0.377 e. The zero-order valence-corrected chi connectivity index (χ0v) is 14.3. The molecule has 0 bridgehead atoms. The quantitative estimate of drug-likeness (QED) is 0.746. The van der Waals surface area contributed by atoms with Crippen LogP contribution >= 0.6 is 27.3 Å². The topological polar surface area (TPSA) is 38.3 Å². The second kappa shape index (κ2) is 8.32. The van der Waals surface area contributed by atoms with Crippen molar-refractivity contribution in [3.8, 4) is 0 Å². The molecule has 1 N–H and O–H groups in total. The van der Waals surface area contributed by atoms with Gasteiger partial charge in [0.05, 0.1) is 15.3 Å². The minimum Gasteiger partial charge on any atom is -0.377 e. The first-order valence-corrected chi connectivity index (χ1v) is 8.43. The highest BCUT2D eigenvalue weighted by molar-refractivity contribution is 9.11. The van der Waals surface area contributed by atoms with E-state index in [9.17, 15) is 4.79 Å². The molecule has 0 atom stereocenters. The molecule has 0 aliphatic heterocycles. The Hall–Kier alpha value is -1.17. The standard InChI is InChI=1S/C16H18BrNO2S/c1-12-10-14(21-15(12)17)16(19)18-8-5-9-20-11-13-6-3-2-4-7-13/h2-4,6-7,10H,5,8-9,11H2,1H3,(H,18,19). The molecular weight excluding hydrogens is 350 g/mol. The van der Waals surface area contributed by atoms with Crippen molar-refractivity contribution in [2.75, 3.05) is 13.2 Å². The van der Waals surface area contributed by atoms with Gasteiger partial charge < -0.3 is 10.1 Å². The highest BCUT2D eigenvalue weighted by Gasteiger charge is 2.10. The Morgan fingerprint density at radius 1 is 1.33 bits per heavy atom. The smallest absolute Gasteiger partial charge is 0.261 e. The SMILES string of the molecule is Cc1cc(C(=O)NCCCOCc2ccccc2)sc1Br. The van der Waals surface area contributed by atoms with E-state index < -0.39 is 0 Å². The lowest BCUT2D eigenvalue weighted by Crippen LogP contribution is -2.24. The van der Waals surface area contributed by atoms with Crippen molar-refractivity contribution < 1.29 is 9.53 Å². The van der Waals surface area contributed by atoms with Gasteiger partial charge in [-0.3, -0.25) is 4.79 Å². The van der Waals surface area contributed by atoms with Crippen molar-refractivity contribution in [2.24, 2.45) is 0 Å². The maximum Gasteiger partial charge on any atom is 0.261 e. The molecule has 2 rings (SSSR count). The minimum absolute atomic E-state index is 0.0168. The van der Waals surface area contributed by atoms with E-state index in [1.165, 1.54) is 16.9 Å². The van der Waals surface area contributed by atoms with Crippen molar-refractivity contribution in [1.82, 2.24) is 5.32 Å². The number of nitrogens with one attached hydrogen (secondary N) is 1. The van der Waals surface area contributed by atoms with Crippen LogP contribution in [0.2, 0.25) is 0 Å². The van der Waals surface area contributed by atoms with Crippen molar-refractivity contribution in [3.63, 3.8) is 0 Å². The lowest BCUT2D eigenvalue weighted by Gasteiger charge is -2.05. The van der Waals surface area contributed by atoms with Crippen LogP contribution in [0.1, 0.15) is 27.2 Å². The van der Waals surface area contributed by atoms with Crippen LogP contribution in [0.25, 0.3) is 0 Å². The van der Waals surface area contributed by atoms with Crippen LogP contribution < -0.4 is 5.32 Å². The molecule has 2 aromatic rings. The van der Waals surface area contributed by atoms with E-state index >= 15 is 0 Å². The number of hydrogen-bond acceptors (Lipinski definition) is 3. The van der Waals surface area contributed by atoms with E-state index in [0.29, 0.717) is 19.8 Å². The summed E-state index contributed by atoms with van der Waals surface area (Å²) in [7, 11) is 0. The molecule has 1 heterocycles. The summed E-state index contributed by atoms with van der Waals surface area (Å²) in [5.74, 6) is -0.0168. The zero-order chi connectivity index (χ0) is 15.1. The van der Waals surface area contributed by atoms with Crippen molar-refractivity contribution in [1.29, 1.82) is 0 Å². The molecule has 3 nitrogen and oxygen atoms in total. The molecule has 0 fully saturated rings. The number of halogens is 1. The molecule has 0 aliphatic rings. The van der Waals surface area contributed by atoms with E-state index in [1.807, 2.05) is 43.3 Å². The lowest BCUT2D eigenvalue weighted by atomic mass is 10.2. The van der Waals surface area contributed by atoms with Gasteiger partial charge in [-0.25, -0.2) is 0 Å². The third-order valence-corrected chi connectivity index (χ3v) is 5.08. The molecule has 0 saturated carbocycles. The van der Waals surface area contributed by atoms with Crippen LogP contribution in [0.5, 0.6) is 0 Å². The Labute approximate surface area is 137 Å². The maximum atomic E-state index is 11.9. The van der Waals surface area contributed by atoms with Crippen LogP contribution in [0.15, 0.2) is 40.2 Å². The van der Waals surface area contributed by atoms with Gasteiger partial charge in [-0.2, -0.15) is 0 Å². The summed E-state index contributed by atoms with van der Waals surface area (Å²) < 4.78 is 6.59. The summed E-state index contributed by atoms with van der Waals surface area (Å²) in [6.07, 6.45) is 0.810. The van der Waals surface area contributed by atoms with Crippen LogP contribution in [-0.2, 0) is 11.3 Å². The number of amides is 1. The van der Waals surface area contributed by atoms with E-state index in [0.717, 1.165) is 20.6 Å². The van der Waals surface area contributed by atoms with Gasteiger partial charge in [-0.15, -0.1) is 11.3 Å². The molecule has 0 saturated heterocycles. The first-order valence-electron chi connectivity index (χ1n) is 6.82. The highest BCUT2D eigenvalue weighted by atomic mass is 79.9. The van der Waals surface area contributed by atoms with Crippen molar-refractivity contribution in [2.45, 2.75) is 20.0 Å². The molecule has 0 aliphatic carbocycles. The van der Waals surface area contributed by atoms with Gasteiger partial charge in [-0.05, 0) is 46.5 Å². The Morgan fingerprint density at radius 3 is 2.76 bits per heavy atom. The molecule has 1 aromatic carbocycles. The summed E-state index contributed by atoms with van der Waals surface area (Å²) in [4.78, 5) is 12.6. The summed E-state index contributed by atoms with van der Waals surface area (Å²) in [6.45, 7) is 3.87. The number of benzene rings is 1. The summed E-state index contributed by atoms with van der Waals surface area (Å²) >= 11 is 4.89. The van der Waals surface area contributed by atoms with E-state index in [2.05, 4.69) is 21.2 Å². The summed E-state index contributed by atoms with van der Waals surface area (Å²) in [6, 6.07) is 12.0. The van der Waals surface area contributed by atoms with Crippen LogP contribution in [0.4, 0.5) is 0 Å². The minimum atomic E-state index is -0.0168. The van der Waals surface area contributed by atoms with Gasteiger partial charge >= 0.3 is 0 Å². The molecule has 1 aromatic heterocycles. The van der Waals surface area contributed by atoms with E-state index in [1.54, 1.807) is 0 Å². The number of rotatable bonds is 7. The number of carbonyl (C=O) groups is 1. The molecule has 0 unspecified atom stereocenters. The Morgan fingerprint density at radius 2 is 2.10 bits per heavy atom. The average molecular weight is 368 g/mol. The number of hydrogen-bond donors (Lipinski definition) is 1. The van der Waals surface area contributed by atoms with Gasteiger partial charge in [0.25, 0.3) is 5.91 Å². The van der Waals surface area contributed by atoms with E-state index in [4.69, 9.17) is 4.74 Å². The van der Waals surface area contributed by atoms with Crippen LogP contribution in [0.3, 0.4) is 0 Å². The molecule has 5 heteroatoms. The monoisotopic (exact) mass is 367 g/mol. The summed E-state index contributed by atoms with van der Waals surface area (Å²) in [5.41, 5.74) is 2.26. The second-order valence-electron chi connectivity index (χ2n) is 4.72. The molecule has 112 valence electrons. The van der Waals surface area contributed by atoms with E-state index in [-0.39, 0.29) is 5.91 Å². The normalized spacial score (nSPS) is 10.6. The van der Waals surface area contributed by atoms with Gasteiger partial charge in [0, 0.05) is 13.2 Å². The first kappa shape index (κ1) is 16.2. The second-order valence-corrected chi connectivity index (χ2v) is 7.09. The molecule has 1 amide bonds. The number of thiophene rings is 1.